The Morgan fingerprint density at radius 3 is 2.36 bits per heavy atom. The summed E-state index contributed by atoms with van der Waals surface area (Å²) < 4.78 is 10.9. The maximum Gasteiger partial charge on any atom is 0.416 e. The molecule has 0 heterocycles. The highest BCUT2D eigenvalue weighted by Gasteiger charge is 2.26. The van der Waals surface area contributed by atoms with Crippen LogP contribution in [0.15, 0.2) is 24.3 Å². The molecule has 0 bridgehead atoms. The Bertz CT molecular complexity index is 457. The molecule has 0 aliphatic heterocycles. The summed E-state index contributed by atoms with van der Waals surface area (Å²) in [4.78, 5) is 13.9. The number of nitrogens with zero attached hydrogens (tertiary/aromatic N) is 1. The third-order valence-corrected chi connectivity index (χ3v) is 3.34. The van der Waals surface area contributed by atoms with Gasteiger partial charge in [-0.2, -0.15) is 0 Å². The number of nitrogens with two attached hydrogens (primary N) is 1. The number of rotatable bonds is 8. The van der Waals surface area contributed by atoms with Gasteiger partial charge in [-0.15, -0.1) is 0 Å². The van der Waals surface area contributed by atoms with Gasteiger partial charge in [-0.3, -0.25) is 10.6 Å². The predicted molar refractivity (Wildman–Crippen MR) is 89.2 cm³/mol. The molecule has 0 spiro atoms. The largest absolute Gasteiger partial charge is 0.494 e. The van der Waals surface area contributed by atoms with Crippen LogP contribution in [0.5, 0.6) is 5.75 Å². The summed E-state index contributed by atoms with van der Waals surface area (Å²) in [6.07, 6.45) is 2.17. The molecule has 0 fully saturated rings. The molecule has 0 radical (unpaired) electrons. The van der Waals surface area contributed by atoms with Gasteiger partial charge in [0.2, 0.25) is 0 Å². The zero-order valence-corrected chi connectivity index (χ0v) is 14.1. The van der Waals surface area contributed by atoms with Crippen molar-refractivity contribution in [1.82, 2.24) is 0 Å². The lowest BCUT2D eigenvalue weighted by atomic mass is 10.1. The van der Waals surface area contributed by atoms with Crippen molar-refractivity contribution in [3.63, 3.8) is 0 Å². The van der Waals surface area contributed by atoms with Crippen LogP contribution >= 0.6 is 0 Å². The number of hydrogen-bond donors (Lipinski definition) is 1. The second-order valence-electron chi connectivity index (χ2n) is 5.46. The fraction of sp³-hybridized carbons (Fsp3) is 0.588. The molecule has 0 aromatic heterocycles. The number of unbranched alkanes of at least 4 members (excludes halogenated alkanes) is 1. The third-order valence-electron chi connectivity index (χ3n) is 3.34. The van der Waals surface area contributed by atoms with Crippen molar-refractivity contribution < 1.29 is 14.3 Å². The van der Waals surface area contributed by atoms with Crippen LogP contribution in [0.3, 0.4) is 0 Å². The van der Waals surface area contributed by atoms with E-state index in [2.05, 4.69) is 6.92 Å². The average molecular weight is 308 g/mol. The summed E-state index contributed by atoms with van der Waals surface area (Å²) >= 11 is 0. The van der Waals surface area contributed by atoms with Gasteiger partial charge in [0.25, 0.3) is 0 Å². The van der Waals surface area contributed by atoms with Gasteiger partial charge in [0.15, 0.2) is 5.72 Å². The van der Waals surface area contributed by atoms with Crippen molar-refractivity contribution in [3.8, 4) is 5.75 Å². The number of benzene rings is 1. The predicted octanol–water partition coefficient (Wildman–Crippen LogP) is 3.91. The molecule has 1 aromatic carbocycles. The quantitative estimate of drug-likeness (QED) is 0.739. The molecule has 1 rings (SSSR count). The van der Waals surface area contributed by atoms with Crippen LogP contribution in [0.25, 0.3) is 0 Å². The molecule has 1 unspecified atom stereocenters. The lowest BCUT2D eigenvalue weighted by Gasteiger charge is -2.29. The van der Waals surface area contributed by atoms with E-state index in [9.17, 15) is 4.79 Å². The van der Waals surface area contributed by atoms with E-state index in [-0.39, 0.29) is 0 Å². The van der Waals surface area contributed by atoms with Gasteiger partial charge >= 0.3 is 6.09 Å². The Hall–Kier alpha value is -1.75. The van der Waals surface area contributed by atoms with E-state index < -0.39 is 11.8 Å². The molecule has 5 heteroatoms. The van der Waals surface area contributed by atoms with Gasteiger partial charge in [-0.05, 0) is 51.5 Å². The lowest BCUT2D eigenvalue weighted by Crippen LogP contribution is -2.45. The van der Waals surface area contributed by atoms with Crippen LogP contribution in [0.1, 0.15) is 47.0 Å². The number of ether oxygens (including phenoxy) is 2. The van der Waals surface area contributed by atoms with Gasteiger partial charge in [-0.25, -0.2) is 4.79 Å². The van der Waals surface area contributed by atoms with E-state index in [0.29, 0.717) is 19.6 Å². The van der Waals surface area contributed by atoms with Gasteiger partial charge < -0.3 is 9.47 Å². The van der Waals surface area contributed by atoms with Gasteiger partial charge in [0, 0.05) is 18.7 Å². The molecule has 22 heavy (non-hydrogen) atoms. The van der Waals surface area contributed by atoms with E-state index in [1.165, 1.54) is 0 Å². The van der Waals surface area contributed by atoms with Gasteiger partial charge in [-0.1, -0.05) is 13.3 Å². The Morgan fingerprint density at radius 1 is 1.23 bits per heavy atom. The van der Waals surface area contributed by atoms with Crippen LogP contribution in [-0.4, -0.2) is 25.0 Å². The second-order valence-corrected chi connectivity index (χ2v) is 5.46. The Labute approximate surface area is 133 Å². The van der Waals surface area contributed by atoms with Crippen molar-refractivity contribution in [2.75, 3.05) is 18.1 Å². The Morgan fingerprint density at radius 2 is 1.86 bits per heavy atom. The van der Waals surface area contributed by atoms with Crippen LogP contribution < -0.4 is 15.4 Å². The van der Waals surface area contributed by atoms with E-state index in [1.54, 1.807) is 11.8 Å². The first kappa shape index (κ1) is 18.3. The Balaban J connectivity index is 2.75. The summed E-state index contributed by atoms with van der Waals surface area (Å²) in [6, 6.07) is 7.37. The van der Waals surface area contributed by atoms with Crippen LogP contribution in [0, 0.1) is 0 Å². The SMILES string of the molecule is CCCCC(C)(N)OC(=O)N(CC)c1ccc(OCC)cc1. The third kappa shape index (κ3) is 5.56. The molecule has 0 aliphatic carbocycles. The molecule has 0 saturated carbocycles. The lowest BCUT2D eigenvalue weighted by molar-refractivity contribution is 0.0265. The van der Waals surface area contributed by atoms with Crippen LogP contribution in [0.4, 0.5) is 10.5 Å². The standard InChI is InChI=1S/C17H28N2O3/c1-5-8-13-17(4,18)22-16(20)19(6-2)14-9-11-15(12-10-14)21-7-3/h9-12H,5-8,13,18H2,1-4H3. The minimum atomic E-state index is -0.939. The second kappa shape index (κ2) is 8.63. The first-order valence-corrected chi connectivity index (χ1v) is 7.95. The highest BCUT2D eigenvalue weighted by atomic mass is 16.6. The van der Waals surface area contributed by atoms with Crippen molar-refractivity contribution in [3.05, 3.63) is 24.3 Å². The highest BCUT2D eigenvalue weighted by molar-refractivity contribution is 5.87. The monoisotopic (exact) mass is 308 g/mol. The fourth-order valence-electron chi connectivity index (χ4n) is 2.14. The molecule has 0 saturated heterocycles. The van der Waals surface area contributed by atoms with E-state index in [4.69, 9.17) is 15.2 Å². The first-order chi connectivity index (χ1) is 10.4. The zero-order chi connectivity index (χ0) is 16.6. The van der Waals surface area contributed by atoms with Crippen LogP contribution in [-0.2, 0) is 4.74 Å². The van der Waals surface area contributed by atoms with E-state index in [0.717, 1.165) is 24.3 Å². The number of hydrogen-bond acceptors (Lipinski definition) is 4. The van der Waals surface area contributed by atoms with Gasteiger partial charge in [0.1, 0.15) is 5.75 Å². The van der Waals surface area contributed by atoms with Crippen molar-refractivity contribution >= 4 is 11.8 Å². The summed E-state index contributed by atoms with van der Waals surface area (Å²) in [5.74, 6) is 0.780. The highest BCUT2D eigenvalue weighted by Crippen LogP contribution is 2.22. The molecule has 1 amide bonds. The summed E-state index contributed by atoms with van der Waals surface area (Å²) in [5.41, 5.74) is 5.88. The van der Waals surface area contributed by atoms with E-state index in [1.807, 2.05) is 38.1 Å². The Kier molecular flexibility index (Phi) is 7.18. The number of anilines is 1. The summed E-state index contributed by atoms with van der Waals surface area (Å²) in [6.45, 7) is 8.78. The topological polar surface area (TPSA) is 64.8 Å². The number of carbonyl (C=O) groups excluding carboxylic acids is 1. The molecule has 2 N–H and O–H groups in total. The molecule has 1 atom stereocenters. The summed E-state index contributed by atoms with van der Waals surface area (Å²) in [7, 11) is 0. The normalized spacial score (nSPS) is 13.3. The number of amides is 1. The minimum Gasteiger partial charge on any atom is -0.494 e. The minimum absolute atomic E-state index is 0.423. The summed E-state index contributed by atoms with van der Waals surface area (Å²) in [5, 5.41) is 0. The maximum atomic E-state index is 12.4. The molecular formula is C17H28N2O3. The molecular weight excluding hydrogens is 280 g/mol. The fourth-order valence-corrected chi connectivity index (χ4v) is 2.14. The first-order valence-electron chi connectivity index (χ1n) is 7.95. The van der Waals surface area contributed by atoms with Crippen LogP contribution in [0.2, 0.25) is 0 Å². The van der Waals surface area contributed by atoms with Crippen molar-refractivity contribution in [1.29, 1.82) is 0 Å². The van der Waals surface area contributed by atoms with Crippen molar-refractivity contribution in [2.24, 2.45) is 5.73 Å². The molecule has 124 valence electrons. The molecule has 0 aliphatic rings. The molecule has 1 aromatic rings. The zero-order valence-electron chi connectivity index (χ0n) is 14.1. The number of carbonyl (C=O) groups is 1. The smallest absolute Gasteiger partial charge is 0.416 e. The average Bonchev–Trinajstić information content (AvgIpc) is 2.47. The molecule has 5 nitrogen and oxygen atoms in total. The van der Waals surface area contributed by atoms with Crippen molar-refractivity contribution in [2.45, 2.75) is 52.7 Å². The van der Waals surface area contributed by atoms with Gasteiger partial charge in [0.05, 0.1) is 6.61 Å². The maximum absolute atomic E-state index is 12.4. The van der Waals surface area contributed by atoms with E-state index >= 15 is 0 Å².